The molecule has 5 heteroatoms. The molecule has 0 spiro atoms. The third-order valence-corrected chi connectivity index (χ3v) is 3.57. The summed E-state index contributed by atoms with van der Waals surface area (Å²) in [6.45, 7) is 3.86. The van der Waals surface area contributed by atoms with Gasteiger partial charge in [-0.15, -0.1) is 0 Å². The highest BCUT2D eigenvalue weighted by Gasteiger charge is 2.15. The Morgan fingerprint density at radius 3 is 2.70 bits per heavy atom. The smallest absolute Gasteiger partial charge is 0.258 e. The zero-order valence-corrected chi connectivity index (χ0v) is 13.7. The molecule has 0 saturated carbocycles. The maximum absolute atomic E-state index is 12.6. The fourth-order valence-corrected chi connectivity index (χ4v) is 2.19. The Morgan fingerprint density at radius 1 is 1.26 bits per heavy atom. The number of carbonyl (C=O) groups excluding carboxylic acids is 2. The molecule has 0 aliphatic carbocycles. The molecule has 2 rings (SSSR count). The third kappa shape index (κ3) is 4.16. The van der Waals surface area contributed by atoms with Crippen LogP contribution in [-0.2, 0) is 4.79 Å². The largest absolute Gasteiger partial charge is 0.326 e. The Kier molecular flexibility index (Phi) is 5.46. The number of aryl methyl sites for hydroxylation is 1. The molecule has 120 valence electrons. The Bertz CT molecular complexity index is 699. The van der Waals surface area contributed by atoms with E-state index in [0.717, 1.165) is 17.7 Å². The van der Waals surface area contributed by atoms with Gasteiger partial charge in [0.25, 0.3) is 5.91 Å². The number of anilines is 2. The minimum absolute atomic E-state index is 0.0409. The molecule has 0 bridgehead atoms. The molecule has 1 aromatic carbocycles. The number of rotatable bonds is 5. The van der Waals surface area contributed by atoms with Crippen LogP contribution in [-0.4, -0.2) is 23.8 Å². The first-order chi connectivity index (χ1) is 11.0. The number of amides is 2. The van der Waals surface area contributed by atoms with E-state index in [0.29, 0.717) is 17.7 Å². The molecule has 0 aliphatic heterocycles. The summed E-state index contributed by atoms with van der Waals surface area (Å²) in [5, 5.41) is 2.86. The van der Waals surface area contributed by atoms with Crippen molar-refractivity contribution in [2.24, 2.45) is 0 Å². The molecule has 23 heavy (non-hydrogen) atoms. The third-order valence-electron chi connectivity index (χ3n) is 3.57. The van der Waals surface area contributed by atoms with E-state index in [1.807, 2.05) is 26.0 Å². The van der Waals surface area contributed by atoms with Gasteiger partial charge in [-0.05, 0) is 43.2 Å². The molecule has 0 fully saturated rings. The topological polar surface area (TPSA) is 62.3 Å². The van der Waals surface area contributed by atoms with Crippen LogP contribution >= 0.6 is 0 Å². The zero-order chi connectivity index (χ0) is 16.8. The van der Waals surface area contributed by atoms with E-state index in [1.165, 1.54) is 4.90 Å². The molecule has 0 unspecified atom stereocenters. The van der Waals surface area contributed by atoms with E-state index in [2.05, 4.69) is 10.3 Å². The van der Waals surface area contributed by atoms with Gasteiger partial charge in [-0.3, -0.25) is 14.6 Å². The monoisotopic (exact) mass is 311 g/mol. The lowest BCUT2D eigenvalue weighted by Crippen LogP contribution is -2.26. The molecule has 2 amide bonds. The maximum Gasteiger partial charge on any atom is 0.258 e. The van der Waals surface area contributed by atoms with E-state index in [4.69, 9.17) is 0 Å². The van der Waals surface area contributed by atoms with Crippen molar-refractivity contribution >= 4 is 23.2 Å². The second-order valence-corrected chi connectivity index (χ2v) is 5.40. The van der Waals surface area contributed by atoms with Crippen LogP contribution in [0.2, 0.25) is 0 Å². The molecule has 1 heterocycles. The SMILES string of the molecule is CCCC(=O)Nc1cc(C(=O)N(C)c2cccnc2)ccc1C. The highest BCUT2D eigenvalue weighted by Crippen LogP contribution is 2.20. The Balaban J connectivity index is 2.22. The molecule has 2 aromatic rings. The second kappa shape index (κ2) is 7.54. The summed E-state index contributed by atoms with van der Waals surface area (Å²) in [5.74, 6) is -0.190. The molecule has 1 aromatic heterocycles. The molecular weight excluding hydrogens is 290 g/mol. The molecule has 0 radical (unpaired) electrons. The van der Waals surface area contributed by atoms with Crippen LogP contribution < -0.4 is 10.2 Å². The second-order valence-electron chi connectivity index (χ2n) is 5.40. The zero-order valence-electron chi connectivity index (χ0n) is 13.7. The molecule has 5 nitrogen and oxygen atoms in total. The van der Waals surface area contributed by atoms with Crippen molar-refractivity contribution in [1.29, 1.82) is 0 Å². The lowest BCUT2D eigenvalue weighted by molar-refractivity contribution is -0.116. The Labute approximate surface area is 136 Å². The molecule has 0 saturated heterocycles. The van der Waals surface area contributed by atoms with E-state index in [-0.39, 0.29) is 11.8 Å². The lowest BCUT2D eigenvalue weighted by atomic mass is 10.1. The number of hydrogen-bond donors (Lipinski definition) is 1. The minimum atomic E-state index is -0.149. The van der Waals surface area contributed by atoms with Gasteiger partial charge in [0.1, 0.15) is 0 Å². The van der Waals surface area contributed by atoms with Crippen molar-refractivity contribution in [1.82, 2.24) is 4.98 Å². The average Bonchev–Trinajstić information content (AvgIpc) is 2.56. The van der Waals surface area contributed by atoms with E-state index in [1.54, 1.807) is 37.6 Å². The number of aromatic nitrogens is 1. The first-order valence-electron chi connectivity index (χ1n) is 7.61. The minimum Gasteiger partial charge on any atom is -0.326 e. The number of nitrogens with zero attached hydrogens (tertiary/aromatic N) is 2. The number of carbonyl (C=O) groups is 2. The number of hydrogen-bond acceptors (Lipinski definition) is 3. The Hall–Kier alpha value is -2.69. The lowest BCUT2D eigenvalue weighted by Gasteiger charge is -2.18. The van der Waals surface area contributed by atoms with Crippen LogP contribution in [0.4, 0.5) is 11.4 Å². The summed E-state index contributed by atoms with van der Waals surface area (Å²) in [6, 6.07) is 8.93. The molecule has 0 aliphatic rings. The van der Waals surface area contributed by atoms with Crippen molar-refractivity contribution < 1.29 is 9.59 Å². The van der Waals surface area contributed by atoms with Crippen LogP contribution in [0.5, 0.6) is 0 Å². The summed E-state index contributed by atoms with van der Waals surface area (Å²) in [5.41, 5.74) is 2.84. The standard InChI is InChI=1S/C18H21N3O2/c1-4-6-17(22)20-16-11-14(9-8-13(16)2)18(23)21(3)15-7-5-10-19-12-15/h5,7-12H,4,6H2,1-3H3,(H,20,22). The fourth-order valence-electron chi connectivity index (χ4n) is 2.19. The van der Waals surface area contributed by atoms with Crippen LogP contribution in [0.25, 0.3) is 0 Å². The van der Waals surface area contributed by atoms with Gasteiger partial charge in [-0.1, -0.05) is 13.0 Å². The van der Waals surface area contributed by atoms with E-state index < -0.39 is 0 Å². The highest BCUT2D eigenvalue weighted by atomic mass is 16.2. The summed E-state index contributed by atoms with van der Waals surface area (Å²) in [4.78, 5) is 30.0. The summed E-state index contributed by atoms with van der Waals surface area (Å²) < 4.78 is 0. The summed E-state index contributed by atoms with van der Waals surface area (Å²) in [7, 11) is 1.70. The van der Waals surface area contributed by atoms with Gasteiger partial charge in [-0.25, -0.2) is 0 Å². The fraction of sp³-hybridized carbons (Fsp3) is 0.278. The Morgan fingerprint density at radius 2 is 2.04 bits per heavy atom. The van der Waals surface area contributed by atoms with Crippen LogP contribution in [0.15, 0.2) is 42.7 Å². The van der Waals surface area contributed by atoms with Crippen molar-refractivity contribution in [3.05, 3.63) is 53.9 Å². The number of nitrogens with one attached hydrogen (secondary N) is 1. The average molecular weight is 311 g/mol. The maximum atomic E-state index is 12.6. The van der Waals surface area contributed by atoms with Crippen LogP contribution in [0.3, 0.4) is 0 Å². The first kappa shape index (κ1) is 16.7. The van der Waals surface area contributed by atoms with Gasteiger partial charge in [0, 0.05) is 30.9 Å². The van der Waals surface area contributed by atoms with Crippen LogP contribution in [0, 0.1) is 6.92 Å². The van der Waals surface area contributed by atoms with Crippen molar-refractivity contribution in [2.45, 2.75) is 26.7 Å². The van der Waals surface area contributed by atoms with Crippen molar-refractivity contribution in [2.75, 3.05) is 17.3 Å². The number of benzene rings is 1. The summed E-state index contributed by atoms with van der Waals surface area (Å²) in [6.07, 6.45) is 4.55. The van der Waals surface area contributed by atoms with Gasteiger partial charge < -0.3 is 10.2 Å². The van der Waals surface area contributed by atoms with Gasteiger partial charge in [0.2, 0.25) is 5.91 Å². The van der Waals surface area contributed by atoms with Crippen LogP contribution in [0.1, 0.15) is 35.7 Å². The van der Waals surface area contributed by atoms with Crippen molar-refractivity contribution in [3.8, 4) is 0 Å². The van der Waals surface area contributed by atoms with Crippen molar-refractivity contribution in [3.63, 3.8) is 0 Å². The molecular formula is C18H21N3O2. The number of pyridine rings is 1. The van der Waals surface area contributed by atoms with Gasteiger partial charge >= 0.3 is 0 Å². The van der Waals surface area contributed by atoms with Gasteiger partial charge in [0.15, 0.2) is 0 Å². The molecule has 0 atom stereocenters. The predicted molar refractivity (Wildman–Crippen MR) is 91.7 cm³/mol. The first-order valence-corrected chi connectivity index (χ1v) is 7.61. The van der Waals surface area contributed by atoms with E-state index in [9.17, 15) is 9.59 Å². The normalized spacial score (nSPS) is 10.2. The van der Waals surface area contributed by atoms with E-state index >= 15 is 0 Å². The highest BCUT2D eigenvalue weighted by molar-refractivity contribution is 6.06. The quantitative estimate of drug-likeness (QED) is 0.920. The summed E-state index contributed by atoms with van der Waals surface area (Å²) >= 11 is 0. The molecule has 1 N–H and O–H groups in total. The van der Waals surface area contributed by atoms with Gasteiger partial charge in [0.05, 0.1) is 11.9 Å². The van der Waals surface area contributed by atoms with Gasteiger partial charge in [-0.2, -0.15) is 0 Å². The predicted octanol–water partition coefficient (Wildman–Crippen LogP) is 3.41.